The number of rotatable bonds is 7. The Morgan fingerprint density at radius 3 is 0.500 bits per heavy atom. The predicted octanol–water partition coefficient (Wildman–Crippen LogP) is -16.6. The first-order valence-corrected chi connectivity index (χ1v) is 26.7. The van der Waals surface area contributed by atoms with Crippen LogP contribution in [-0.2, 0) is 76.7 Å². The molecule has 21 saturated heterocycles. The van der Waals surface area contributed by atoms with E-state index in [2.05, 4.69) is 0 Å². The van der Waals surface area contributed by atoms with Crippen molar-refractivity contribution in [2.24, 2.45) is 5.73 Å². The summed E-state index contributed by atoms with van der Waals surface area (Å²) in [5.74, 6) is 0. The lowest BCUT2D eigenvalue weighted by Crippen LogP contribution is -2.68. The molecule has 21 heterocycles. The van der Waals surface area contributed by atoms with Gasteiger partial charge in [0, 0.05) is 16.9 Å². The number of hydrogen-bond acceptors (Lipinski definition) is 39. The summed E-state index contributed by atoms with van der Waals surface area (Å²) in [5.41, 5.74) is 5.94. The van der Waals surface area contributed by atoms with Gasteiger partial charge in [0.15, 0.2) is 44.0 Å². The van der Waals surface area contributed by atoms with Crippen LogP contribution in [0.4, 0.5) is 0 Å². The zero-order valence-corrected chi connectivity index (χ0v) is 43.3. The Bertz CT molecular complexity index is 1710. The van der Waals surface area contributed by atoms with Crippen molar-refractivity contribution in [2.75, 3.05) is 46.2 Å². The fourth-order valence-corrected chi connectivity index (χ4v) is 10.5. The average molecular weight is 1230 g/mol. The van der Waals surface area contributed by atoms with Crippen molar-refractivity contribution >= 4 is 10.4 Å². The quantitative estimate of drug-likeness (QED) is 0.0831. The van der Waals surface area contributed by atoms with Crippen LogP contribution in [0.15, 0.2) is 0 Å². The number of nitrogens with two attached hydrogens (primary N) is 1. The molecule has 0 unspecified atom stereocenters. The molecule has 0 saturated carbocycles. The van der Waals surface area contributed by atoms with Gasteiger partial charge in [0.2, 0.25) is 0 Å². The van der Waals surface area contributed by atoms with Crippen LogP contribution < -0.4 is 5.73 Å². The van der Waals surface area contributed by atoms with E-state index < -0.39 is 272 Å². The minimum absolute atomic E-state index is 0.547. The van der Waals surface area contributed by atoms with Crippen LogP contribution in [0.2, 0.25) is 0 Å². The third kappa shape index (κ3) is 14.5. The van der Waals surface area contributed by atoms with Crippen molar-refractivity contribution in [1.29, 1.82) is 0 Å². The van der Waals surface area contributed by atoms with Gasteiger partial charge in [-0.1, -0.05) is 0 Å². The molecule has 0 spiro atoms. The minimum Gasteiger partial charge on any atom is -0.759 e. The lowest BCUT2D eigenvalue weighted by atomic mass is 9.95. The maximum absolute atomic E-state index is 11.4. The van der Waals surface area contributed by atoms with E-state index in [1.807, 2.05) is 0 Å². The van der Waals surface area contributed by atoms with E-state index in [9.17, 15) is 102 Å². The molecule has 0 aromatic rings. The number of aliphatic hydroxyl groups is 20. The van der Waals surface area contributed by atoms with Crippen LogP contribution in [0.3, 0.4) is 0 Å². The van der Waals surface area contributed by atoms with Crippen molar-refractivity contribution in [1.82, 2.24) is 0 Å². The topological polar surface area (TPSA) is 640 Å². The van der Waals surface area contributed by atoms with E-state index in [0.717, 1.165) is 0 Å². The van der Waals surface area contributed by atoms with Gasteiger partial charge in [0.1, 0.15) is 171 Å². The molecule has 0 aromatic carbocycles. The molecule has 40 heteroatoms. The van der Waals surface area contributed by atoms with Gasteiger partial charge in [-0.15, -0.1) is 0 Å². The second-order valence-corrected chi connectivity index (χ2v) is 20.9. The minimum atomic E-state index is -5.17. The van der Waals surface area contributed by atoms with Gasteiger partial charge >= 0.3 is 0 Å². The smallest absolute Gasteiger partial charge is 0.187 e. The van der Waals surface area contributed by atoms with Gasteiger partial charge in [0.05, 0.1) is 39.6 Å². The van der Waals surface area contributed by atoms with Crippen LogP contribution in [-0.4, -0.2) is 381 Å². The normalized spacial score (nSPS) is 52.7. The van der Waals surface area contributed by atoms with Crippen molar-refractivity contribution in [3.05, 3.63) is 0 Å². The van der Waals surface area contributed by atoms with Crippen LogP contribution in [0.5, 0.6) is 0 Å². The van der Waals surface area contributed by atoms with E-state index in [1.54, 1.807) is 0 Å². The Balaban J connectivity index is 0.00000185. The molecule has 82 heavy (non-hydrogen) atoms. The highest BCUT2D eigenvalue weighted by molar-refractivity contribution is 7.79. The van der Waals surface area contributed by atoms with Crippen molar-refractivity contribution in [2.45, 2.75) is 215 Å². The summed E-state index contributed by atoms with van der Waals surface area (Å²) >= 11 is 0. The Hall–Kier alpha value is -1.53. The summed E-state index contributed by atoms with van der Waals surface area (Å²) in [6.45, 7) is -6.75. The number of ether oxygens (including phenoxy) is 14. The van der Waals surface area contributed by atoms with E-state index >= 15 is 0 Å². The highest BCUT2D eigenvalue weighted by Gasteiger charge is 2.59. The van der Waals surface area contributed by atoms with E-state index in [0.29, 0.717) is 0 Å². The fraction of sp³-hybridized carbons (Fsp3) is 1.00. The molecular formula is C42H71NO38S-2. The molecule has 0 radical (unpaired) electrons. The first kappa shape index (κ1) is 68.0. The summed E-state index contributed by atoms with van der Waals surface area (Å²) in [7, 11) is -5.17. The zero-order chi connectivity index (χ0) is 60.6. The average Bonchev–Trinajstić information content (AvgIpc) is 3.65. The van der Waals surface area contributed by atoms with Gasteiger partial charge in [-0.25, -0.2) is 0 Å². The van der Waals surface area contributed by atoms with Crippen molar-refractivity contribution < 1.29 is 186 Å². The first-order chi connectivity index (χ1) is 38.7. The molecule has 22 N–H and O–H groups in total. The molecule has 14 bridgehead atoms. The zero-order valence-electron chi connectivity index (χ0n) is 42.4. The van der Waals surface area contributed by atoms with Gasteiger partial charge in [-0.3, -0.25) is 8.42 Å². The van der Waals surface area contributed by atoms with Crippen LogP contribution in [0.25, 0.3) is 0 Å². The van der Waals surface area contributed by atoms with Crippen LogP contribution >= 0.6 is 0 Å². The van der Waals surface area contributed by atoms with E-state index in [4.69, 9.17) is 89.6 Å². The first-order valence-electron chi connectivity index (χ1n) is 25.4. The van der Waals surface area contributed by atoms with E-state index in [1.165, 1.54) is 0 Å². The molecular weight excluding hydrogens is 1160 g/mol. The maximum atomic E-state index is 11.4. The van der Waals surface area contributed by atoms with E-state index in [-0.39, 0.29) is 0 Å². The molecule has 480 valence electrons. The molecule has 39 nitrogen and oxygen atoms in total. The number of hydrogen-bond donors (Lipinski definition) is 21. The Kier molecular flexibility index (Phi) is 23.8. The molecule has 0 aromatic heterocycles. The highest BCUT2D eigenvalue weighted by Crippen LogP contribution is 2.39. The Morgan fingerprint density at radius 1 is 0.256 bits per heavy atom. The second kappa shape index (κ2) is 28.7. The van der Waals surface area contributed by atoms with Gasteiger partial charge in [-0.2, -0.15) is 0 Å². The third-order valence-corrected chi connectivity index (χ3v) is 14.8. The highest BCUT2D eigenvalue weighted by atomic mass is 32.3. The summed E-state index contributed by atoms with van der Waals surface area (Å²) in [5, 5.41) is 220. The fourth-order valence-electron chi connectivity index (χ4n) is 10.5. The molecule has 21 aliphatic rings. The van der Waals surface area contributed by atoms with Crippen LogP contribution in [0.1, 0.15) is 0 Å². The lowest BCUT2D eigenvalue weighted by molar-refractivity contribution is -0.396. The molecule has 35 atom stereocenters. The summed E-state index contributed by atoms with van der Waals surface area (Å²) in [4.78, 5) is 0. The lowest BCUT2D eigenvalue weighted by Gasteiger charge is -2.50. The second-order valence-electron chi connectivity index (χ2n) is 20.1. The molecule has 0 aliphatic carbocycles. The predicted molar refractivity (Wildman–Crippen MR) is 241 cm³/mol. The SMILES string of the molecule is NC[C@@H]1O[C@@H]2O[C@H]3[C@H](O)[C@@H](O)[C@@H](O[C@H]4[C@H](O)[C@@H](O)[C@@H](O[C@H]5[C@H](O)[C@@H](O)[C@@H](O[C@H]6[C@@H](O)[C@H](O)[C@@H](O[C@H]7[C@@H](O)[C@H](O)[C@@H](O[C@H]8[C@H](O)[C@@H](O)[C@@H](O[C@H]1[C@H](O)[C@H]2O)O[C@@H]8CO)O[C@@H]7CO)O[C@@H]6CO)O[C@@H]5CO)O[C@H]4CO)O[C@@H]3CO.O=S(=O)([O-])[O-]. The largest absolute Gasteiger partial charge is 0.759 e. The third-order valence-electron chi connectivity index (χ3n) is 14.8. The maximum Gasteiger partial charge on any atom is 0.187 e. The molecule has 21 rings (SSSR count). The summed E-state index contributed by atoms with van der Waals surface area (Å²) < 4.78 is 114. The van der Waals surface area contributed by atoms with Gasteiger partial charge in [0.25, 0.3) is 0 Å². The molecule has 21 aliphatic heterocycles. The van der Waals surface area contributed by atoms with Crippen LogP contribution in [0, 0.1) is 0 Å². The Morgan fingerprint density at radius 2 is 0.378 bits per heavy atom. The summed E-state index contributed by atoms with van der Waals surface area (Å²) in [6.07, 6.45) is -69.2. The monoisotopic (exact) mass is 1230 g/mol. The summed E-state index contributed by atoms with van der Waals surface area (Å²) in [6, 6.07) is 0. The molecule has 21 fully saturated rings. The molecule has 0 amide bonds. The van der Waals surface area contributed by atoms with Gasteiger partial charge in [-0.05, 0) is 0 Å². The van der Waals surface area contributed by atoms with Crippen molar-refractivity contribution in [3.8, 4) is 0 Å². The Labute approximate surface area is 462 Å². The van der Waals surface area contributed by atoms with Gasteiger partial charge < -0.3 is 183 Å². The number of aliphatic hydroxyl groups excluding tert-OH is 20. The standard InChI is InChI=1S/C42H71NO34.H2O4S/c43-1-8-29-15(50)22(57)36(64-8)72-30-9(2-44)66-38(24(59)17(30)52)74-32-11(4-46)68-40(26(61)19(32)54)76-34-13(6-48)70-42(28(63)21(34)56)77-35-14(7-49)69-41(27(62)20(35)55)75-33-12(5-47)67-39(25(60)18(33)53)73-31-10(3-45)65-37(71-29)23(58)16(31)51;1-5(2,3)4/h8-42,44-63H,1-7,43H2;(H2,1,2,3,4)/p-2/t8-,9+,10+,11-,12+,13+,14+,15+,16+,17+,18-,19+,20-,21+,22+,23+,24+,25-,26+,27-,28+,29+,30+,31+,32+,33+,34+,35+,36+,37+,38+,39+,40+,41+,42+;/m0./s1. The van der Waals surface area contributed by atoms with Crippen molar-refractivity contribution in [3.63, 3.8) is 0 Å².